The molecule has 2 rings (SSSR count). The fraction of sp³-hybridized carbons (Fsp3) is 1.00. The smallest absolute Gasteiger partial charge is 0.0622 e. The number of aliphatic hydroxyl groups is 1. The van der Waals surface area contributed by atoms with Crippen molar-refractivity contribution in [3.63, 3.8) is 0 Å². The van der Waals surface area contributed by atoms with Crippen LogP contribution in [0.4, 0.5) is 0 Å². The zero-order chi connectivity index (χ0) is 10.5. The maximum atomic E-state index is 9.07. The third-order valence-corrected chi connectivity index (χ3v) is 3.43. The topological polar surface area (TPSA) is 44.7 Å². The summed E-state index contributed by atoms with van der Waals surface area (Å²) in [6.07, 6.45) is 3.68. The van der Waals surface area contributed by atoms with Crippen LogP contribution in [0.25, 0.3) is 0 Å². The molecular formula is C11H22N2O2. The van der Waals surface area contributed by atoms with Crippen molar-refractivity contribution in [3.8, 4) is 0 Å². The van der Waals surface area contributed by atoms with Gasteiger partial charge in [0.2, 0.25) is 0 Å². The lowest BCUT2D eigenvalue weighted by Crippen LogP contribution is -2.45. The molecule has 2 unspecified atom stereocenters. The molecule has 2 atom stereocenters. The Kier molecular flexibility index (Phi) is 4.38. The van der Waals surface area contributed by atoms with Gasteiger partial charge in [-0.3, -0.25) is 4.90 Å². The number of hydrogen-bond donors (Lipinski definition) is 2. The third-order valence-electron chi connectivity index (χ3n) is 3.43. The van der Waals surface area contributed by atoms with Gasteiger partial charge in [-0.15, -0.1) is 0 Å². The second-order valence-corrected chi connectivity index (χ2v) is 4.53. The Labute approximate surface area is 91.6 Å². The van der Waals surface area contributed by atoms with Gasteiger partial charge in [-0.1, -0.05) is 0 Å². The highest BCUT2D eigenvalue weighted by atomic mass is 16.5. The normalized spacial score (nSPS) is 31.6. The number of aliphatic hydroxyl groups excluding tert-OH is 1. The van der Waals surface area contributed by atoms with Crippen molar-refractivity contribution in [2.75, 3.05) is 39.5 Å². The summed E-state index contributed by atoms with van der Waals surface area (Å²) in [6, 6.07) is 1.15. The van der Waals surface area contributed by atoms with E-state index in [1.54, 1.807) is 0 Å². The molecule has 0 aromatic rings. The van der Waals surface area contributed by atoms with Crippen LogP contribution in [0, 0.1) is 0 Å². The molecule has 2 aliphatic rings. The highest BCUT2D eigenvalue weighted by molar-refractivity contribution is 4.83. The van der Waals surface area contributed by atoms with Gasteiger partial charge in [-0.05, 0) is 25.8 Å². The monoisotopic (exact) mass is 214 g/mol. The molecule has 15 heavy (non-hydrogen) atoms. The molecule has 0 bridgehead atoms. The summed E-state index contributed by atoms with van der Waals surface area (Å²) >= 11 is 0. The van der Waals surface area contributed by atoms with Gasteiger partial charge in [-0.25, -0.2) is 0 Å². The lowest BCUT2D eigenvalue weighted by molar-refractivity contribution is 0.116. The van der Waals surface area contributed by atoms with Crippen LogP contribution in [0.15, 0.2) is 0 Å². The minimum absolute atomic E-state index is 0.253. The molecular weight excluding hydrogens is 192 g/mol. The predicted octanol–water partition coefficient (Wildman–Crippen LogP) is -0.178. The summed E-state index contributed by atoms with van der Waals surface area (Å²) in [4.78, 5) is 2.38. The van der Waals surface area contributed by atoms with Crippen molar-refractivity contribution in [1.82, 2.24) is 10.2 Å². The Morgan fingerprint density at radius 2 is 2.33 bits per heavy atom. The van der Waals surface area contributed by atoms with Crippen molar-refractivity contribution in [2.24, 2.45) is 0 Å². The molecule has 0 aromatic heterocycles. The number of nitrogens with zero attached hydrogens (tertiary/aromatic N) is 1. The highest BCUT2D eigenvalue weighted by Gasteiger charge is 2.26. The van der Waals surface area contributed by atoms with E-state index in [0.29, 0.717) is 12.1 Å². The van der Waals surface area contributed by atoms with Crippen LogP contribution in [-0.2, 0) is 4.74 Å². The van der Waals surface area contributed by atoms with E-state index in [0.717, 1.165) is 39.3 Å². The molecule has 0 saturated carbocycles. The second kappa shape index (κ2) is 5.80. The highest BCUT2D eigenvalue weighted by Crippen LogP contribution is 2.15. The number of hydrogen-bond acceptors (Lipinski definition) is 4. The standard InChI is InChI=1S/C11H22N2O2/c14-6-5-13(11-3-7-15-9-11)8-10-2-1-4-12-10/h10-12,14H,1-9H2. The first-order valence-corrected chi connectivity index (χ1v) is 6.06. The molecule has 88 valence electrons. The molecule has 0 aliphatic carbocycles. The van der Waals surface area contributed by atoms with Crippen molar-refractivity contribution in [2.45, 2.75) is 31.3 Å². The molecule has 2 heterocycles. The van der Waals surface area contributed by atoms with Crippen molar-refractivity contribution < 1.29 is 9.84 Å². The first-order valence-electron chi connectivity index (χ1n) is 6.06. The Morgan fingerprint density at radius 1 is 1.40 bits per heavy atom. The van der Waals surface area contributed by atoms with Crippen molar-refractivity contribution in [1.29, 1.82) is 0 Å². The maximum Gasteiger partial charge on any atom is 0.0622 e. The maximum absolute atomic E-state index is 9.07. The second-order valence-electron chi connectivity index (χ2n) is 4.53. The zero-order valence-corrected chi connectivity index (χ0v) is 9.32. The third kappa shape index (κ3) is 3.14. The van der Waals surface area contributed by atoms with Crippen molar-refractivity contribution >= 4 is 0 Å². The lowest BCUT2D eigenvalue weighted by atomic mass is 10.1. The van der Waals surface area contributed by atoms with E-state index >= 15 is 0 Å². The predicted molar refractivity (Wildman–Crippen MR) is 58.9 cm³/mol. The molecule has 0 spiro atoms. The van der Waals surface area contributed by atoms with Gasteiger partial charge in [0.1, 0.15) is 0 Å². The van der Waals surface area contributed by atoms with Gasteiger partial charge in [0.15, 0.2) is 0 Å². The Bertz CT molecular complexity index is 177. The van der Waals surface area contributed by atoms with E-state index in [1.165, 1.54) is 12.8 Å². The fourth-order valence-electron chi connectivity index (χ4n) is 2.56. The van der Waals surface area contributed by atoms with E-state index in [9.17, 15) is 0 Å². The zero-order valence-electron chi connectivity index (χ0n) is 9.32. The molecule has 2 saturated heterocycles. The molecule has 2 aliphatic heterocycles. The summed E-state index contributed by atoms with van der Waals surface area (Å²) < 4.78 is 5.41. The largest absolute Gasteiger partial charge is 0.395 e. The Hall–Kier alpha value is -0.160. The summed E-state index contributed by atoms with van der Waals surface area (Å²) in [5.74, 6) is 0. The quantitative estimate of drug-likeness (QED) is 0.666. The number of rotatable bonds is 5. The van der Waals surface area contributed by atoms with Crippen LogP contribution in [0.3, 0.4) is 0 Å². The van der Waals surface area contributed by atoms with E-state index in [4.69, 9.17) is 9.84 Å². The molecule has 2 N–H and O–H groups in total. The van der Waals surface area contributed by atoms with Crippen LogP contribution < -0.4 is 5.32 Å². The van der Waals surface area contributed by atoms with Crippen LogP contribution in [0.2, 0.25) is 0 Å². The first-order chi connectivity index (χ1) is 7.40. The van der Waals surface area contributed by atoms with E-state index in [2.05, 4.69) is 10.2 Å². The summed E-state index contributed by atoms with van der Waals surface area (Å²) in [6.45, 7) is 4.97. The van der Waals surface area contributed by atoms with Crippen LogP contribution in [-0.4, -0.2) is 61.5 Å². The van der Waals surface area contributed by atoms with Crippen LogP contribution in [0.1, 0.15) is 19.3 Å². The molecule has 4 heteroatoms. The van der Waals surface area contributed by atoms with Gasteiger partial charge in [0, 0.05) is 31.8 Å². The summed E-state index contributed by atoms with van der Waals surface area (Å²) in [5, 5.41) is 12.6. The molecule has 0 aromatic carbocycles. The van der Waals surface area contributed by atoms with E-state index < -0.39 is 0 Å². The average molecular weight is 214 g/mol. The lowest BCUT2D eigenvalue weighted by Gasteiger charge is -2.29. The first kappa shape index (κ1) is 11.3. The van der Waals surface area contributed by atoms with E-state index in [1.807, 2.05) is 0 Å². The fourth-order valence-corrected chi connectivity index (χ4v) is 2.56. The SMILES string of the molecule is OCCN(CC1CCCN1)C1CCOC1. The van der Waals surface area contributed by atoms with Gasteiger partial charge >= 0.3 is 0 Å². The molecule has 4 nitrogen and oxygen atoms in total. The van der Waals surface area contributed by atoms with E-state index in [-0.39, 0.29) is 6.61 Å². The van der Waals surface area contributed by atoms with Crippen molar-refractivity contribution in [3.05, 3.63) is 0 Å². The van der Waals surface area contributed by atoms with Gasteiger partial charge in [0.25, 0.3) is 0 Å². The molecule has 2 fully saturated rings. The van der Waals surface area contributed by atoms with Crippen LogP contribution >= 0.6 is 0 Å². The summed E-state index contributed by atoms with van der Waals surface area (Å²) in [7, 11) is 0. The minimum Gasteiger partial charge on any atom is -0.395 e. The number of ether oxygens (including phenoxy) is 1. The molecule has 0 amide bonds. The minimum atomic E-state index is 0.253. The Balaban J connectivity index is 1.81. The summed E-state index contributed by atoms with van der Waals surface area (Å²) in [5.41, 5.74) is 0. The number of nitrogens with one attached hydrogen (secondary N) is 1. The van der Waals surface area contributed by atoms with Gasteiger partial charge < -0.3 is 15.2 Å². The Morgan fingerprint density at radius 3 is 2.93 bits per heavy atom. The van der Waals surface area contributed by atoms with Gasteiger partial charge in [-0.2, -0.15) is 0 Å². The average Bonchev–Trinajstić information content (AvgIpc) is 2.89. The van der Waals surface area contributed by atoms with Crippen LogP contribution in [0.5, 0.6) is 0 Å². The molecule has 0 radical (unpaired) electrons. The van der Waals surface area contributed by atoms with Gasteiger partial charge in [0.05, 0.1) is 13.2 Å².